The molecule has 1 amide bonds. The van der Waals surface area contributed by atoms with Crippen molar-refractivity contribution in [2.45, 2.75) is 18.7 Å². The molecule has 0 saturated heterocycles. The maximum Gasteiger partial charge on any atom is 0.264 e. The van der Waals surface area contributed by atoms with E-state index in [9.17, 15) is 13.2 Å². The fourth-order valence-electron chi connectivity index (χ4n) is 2.98. The highest BCUT2D eigenvalue weighted by atomic mass is 32.2. The Morgan fingerprint density at radius 2 is 1.60 bits per heavy atom. The van der Waals surface area contributed by atoms with Gasteiger partial charge in [0.1, 0.15) is 5.75 Å². The summed E-state index contributed by atoms with van der Waals surface area (Å²) in [5, 5.41) is 2.83. The van der Waals surface area contributed by atoms with Crippen LogP contribution in [0.4, 0.5) is 11.4 Å². The molecule has 0 aliphatic carbocycles. The second-order valence-electron chi connectivity index (χ2n) is 6.92. The molecule has 0 aliphatic heterocycles. The van der Waals surface area contributed by atoms with E-state index < -0.39 is 10.0 Å². The topological polar surface area (TPSA) is 75.7 Å². The highest BCUT2D eigenvalue weighted by Gasteiger charge is 2.24. The molecule has 0 saturated carbocycles. The number of methoxy groups -OCH3 is 1. The number of para-hydroxylation sites is 2. The number of hydrogen-bond donors (Lipinski definition) is 1. The van der Waals surface area contributed by atoms with E-state index in [2.05, 4.69) is 5.32 Å². The first-order chi connectivity index (χ1) is 14.2. The lowest BCUT2D eigenvalue weighted by molar-refractivity contribution is 0.102. The van der Waals surface area contributed by atoms with Gasteiger partial charge in [0.25, 0.3) is 15.9 Å². The number of nitrogens with zero attached hydrogens (tertiary/aromatic N) is 1. The highest BCUT2D eigenvalue weighted by Crippen LogP contribution is 2.30. The SMILES string of the molecule is COc1ccccc1N(C)S(=O)(=O)c1ccc(C(=O)Nc2ccc(C)c(C)c2)cc1. The van der Waals surface area contributed by atoms with Gasteiger partial charge < -0.3 is 10.1 Å². The van der Waals surface area contributed by atoms with Gasteiger partial charge in [-0.15, -0.1) is 0 Å². The molecule has 1 N–H and O–H groups in total. The van der Waals surface area contributed by atoms with Gasteiger partial charge in [-0.2, -0.15) is 0 Å². The first kappa shape index (κ1) is 21.4. The van der Waals surface area contributed by atoms with Crippen molar-refractivity contribution in [3.05, 3.63) is 83.4 Å². The van der Waals surface area contributed by atoms with Gasteiger partial charge in [-0.3, -0.25) is 9.10 Å². The van der Waals surface area contributed by atoms with Gasteiger partial charge in [0.05, 0.1) is 17.7 Å². The molecule has 0 heterocycles. The molecule has 6 nitrogen and oxygen atoms in total. The maximum absolute atomic E-state index is 13.0. The number of rotatable bonds is 6. The van der Waals surface area contributed by atoms with Crippen LogP contribution in [-0.4, -0.2) is 28.5 Å². The molecule has 0 radical (unpaired) electrons. The Balaban J connectivity index is 1.81. The van der Waals surface area contributed by atoms with Crippen LogP contribution in [0.5, 0.6) is 5.75 Å². The smallest absolute Gasteiger partial charge is 0.264 e. The second-order valence-corrected chi connectivity index (χ2v) is 8.89. The quantitative estimate of drug-likeness (QED) is 0.637. The molecule has 0 bridgehead atoms. The van der Waals surface area contributed by atoms with Gasteiger partial charge in [-0.05, 0) is 73.5 Å². The van der Waals surface area contributed by atoms with Crippen LogP contribution in [0.2, 0.25) is 0 Å². The number of nitrogens with one attached hydrogen (secondary N) is 1. The third kappa shape index (κ3) is 4.31. The first-order valence-electron chi connectivity index (χ1n) is 9.34. The molecule has 156 valence electrons. The molecule has 30 heavy (non-hydrogen) atoms. The minimum Gasteiger partial charge on any atom is -0.495 e. The van der Waals surface area contributed by atoms with E-state index in [0.29, 0.717) is 22.7 Å². The fourth-order valence-corrected chi connectivity index (χ4v) is 4.18. The summed E-state index contributed by atoms with van der Waals surface area (Å²) in [4.78, 5) is 12.6. The minimum atomic E-state index is -3.81. The van der Waals surface area contributed by atoms with Gasteiger partial charge >= 0.3 is 0 Å². The molecular formula is C23H24N2O4S. The molecule has 7 heteroatoms. The summed E-state index contributed by atoms with van der Waals surface area (Å²) in [5.74, 6) is 0.147. The molecule has 3 aromatic carbocycles. The molecule has 0 unspecified atom stereocenters. The third-order valence-corrected chi connectivity index (χ3v) is 6.75. The van der Waals surface area contributed by atoms with E-state index >= 15 is 0 Å². The zero-order chi connectivity index (χ0) is 21.9. The van der Waals surface area contributed by atoms with Crippen molar-refractivity contribution in [1.82, 2.24) is 0 Å². The lowest BCUT2D eigenvalue weighted by Gasteiger charge is -2.21. The zero-order valence-electron chi connectivity index (χ0n) is 17.3. The monoisotopic (exact) mass is 424 g/mol. The molecule has 3 rings (SSSR count). The Hall–Kier alpha value is -3.32. The largest absolute Gasteiger partial charge is 0.495 e. The first-order valence-corrected chi connectivity index (χ1v) is 10.8. The average Bonchev–Trinajstić information content (AvgIpc) is 2.75. The van der Waals surface area contributed by atoms with E-state index in [1.807, 2.05) is 32.0 Å². The summed E-state index contributed by atoms with van der Waals surface area (Å²) < 4.78 is 32.4. The second kappa shape index (κ2) is 8.59. The van der Waals surface area contributed by atoms with Crippen LogP contribution >= 0.6 is 0 Å². The van der Waals surface area contributed by atoms with Gasteiger partial charge in [0.2, 0.25) is 0 Å². The van der Waals surface area contributed by atoms with E-state index in [0.717, 1.165) is 15.4 Å². The van der Waals surface area contributed by atoms with Crippen molar-refractivity contribution in [3.63, 3.8) is 0 Å². The number of aryl methyl sites for hydroxylation is 2. The average molecular weight is 425 g/mol. The van der Waals surface area contributed by atoms with Gasteiger partial charge in [-0.1, -0.05) is 18.2 Å². The molecular weight excluding hydrogens is 400 g/mol. The Labute approximate surface area is 177 Å². The van der Waals surface area contributed by atoms with Gasteiger partial charge in [-0.25, -0.2) is 8.42 Å². The Morgan fingerprint density at radius 3 is 2.23 bits per heavy atom. The van der Waals surface area contributed by atoms with E-state index in [1.54, 1.807) is 24.3 Å². The van der Waals surface area contributed by atoms with Crippen LogP contribution in [-0.2, 0) is 10.0 Å². The van der Waals surface area contributed by atoms with Crippen LogP contribution in [0.15, 0.2) is 71.6 Å². The molecule has 0 aromatic heterocycles. The summed E-state index contributed by atoms with van der Waals surface area (Å²) in [6.07, 6.45) is 0. The lowest BCUT2D eigenvalue weighted by atomic mass is 10.1. The Morgan fingerprint density at radius 1 is 0.933 bits per heavy atom. The number of hydrogen-bond acceptors (Lipinski definition) is 4. The summed E-state index contributed by atoms with van der Waals surface area (Å²) in [6, 6.07) is 18.4. The molecule has 3 aromatic rings. The van der Waals surface area contributed by atoms with Gasteiger partial charge in [0.15, 0.2) is 0 Å². The van der Waals surface area contributed by atoms with Crippen LogP contribution < -0.4 is 14.4 Å². The molecule has 0 aliphatic rings. The van der Waals surface area contributed by atoms with Crippen molar-refractivity contribution in [1.29, 1.82) is 0 Å². The summed E-state index contributed by atoms with van der Waals surface area (Å²) >= 11 is 0. The Bertz CT molecular complexity index is 1170. The van der Waals surface area contributed by atoms with Crippen molar-refractivity contribution in [2.75, 3.05) is 23.8 Å². The van der Waals surface area contributed by atoms with E-state index in [4.69, 9.17) is 4.74 Å². The van der Waals surface area contributed by atoms with E-state index in [-0.39, 0.29) is 10.8 Å². The summed E-state index contributed by atoms with van der Waals surface area (Å²) in [6.45, 7) is 3.98. The van der Waals surface area contributed by atoms with Crippen LogP contribution in [0.3, 0.4) is 0 Å². The Kier molecular flexibility index (Phi) is 6.12. The summed E-state index contributed by atoms with van der Waals surface area (Å²) in [5.41, 5.74) is 3.70. The van der Waals surface area contributed by atoms with Crippen molar-refractivity contribution < 1.29 is 17.9 Å². The molecule has 0 fully saturated rings. The number of carbonyl (C=O) groups excluding carboxylic acids is 1. The highest BCUT2D eigenvalue weighted by molar-refractivity contribution is 7.92. The number of anilines is 2. The zero-order valence-corrected chi connectivity index (χ0v) is 18.2. The molecule has 0 spiro atoms. The third-order valence-electron chi connectivity index (χ3n) is 4.96. The van der Waals surface area contributed by atoms with Gasteiger partial charge in [0, 0.05) is 18.3 Å². The lowest BCUT2D eigenvalue weighted by Crippen LogP contribution is -2.27. The van der Waals surface area contributed by atoms with Crippen molar-refractivity contribution in [3.8, 4) is 5.75 Å². The predicted octanol–water partition coefficient (Wildman–Crippen LogP) is 4.39. The minimum absolute atomic E-state index is 0.0821. The van der Waals surface area contributed by atoms with E-state index in [1.165, 1.54) is 38.4 Å². The molecule has 0 atom stereocenters. The van der Waals surface area contributed by atoms with Crippen LogP contribution in [0, 0.1) is 13.8 Å². The normalized spacial score (nSPS) is 11.1. The van der Waals surface area contributed by atoms with Crippen LogP contribution in [0.25, 0.3) is 0 Å². The maximum atomic E-state index is 13.0. The van der Waals surface area contributed by atoms with Crippen molar-refractivity contribution >= 4 is 27.3 Å². The van der Waals surface area contributed by atoms with Crippen LogP contribution in [0.1, 0.15) is 21.5 Å². The standard InChI is InChI=1S/C23H24N2O4S/c1-16-9-12-19(15-17(16)2)24-23(26)18-10-13-20(14-11-18)30(27,28)25(3)21-7-5-6-8-22(21)29-4/h5-15H,1-4H3,(H,24,26). The predicted molar refractivity (Wildman–Crippen MR) is 119 cm³/mol. The summed E-state index contributed by atoms with van der Waals surface area (Å²) in [7, 11) is -0.861. The number of sulfonamides is 1. The number of carbonyl (C=O) groups is 1. The number of benzene rings is 3. The number of ether oxygens (including phenoxy) is 1. The van der Waals surface area contributed by atoms with Crippen molar-refractivity contribution in [2.24, 2.45) is 0 Å². The number of amides is 1. The fraction of sp³-hybridized carbons (Fsp3) is 0.174.